The van der Waals surface area contributed by atoms with E-state index < -0.39 is 5.91 Å². The summed E-state index contributed by atoms with van der Waals surface area (Å²) in [5.74, 6) is 4.58. The molecule has 106 valence electrons. The standard InChI is InChI=1S/C11H20N6O2/c12-13-11(19)10-8-17(15-14-10)5-4-16(6-7-18)9-2-1-3-9/h8-9,18H,1-7,12H2,(H,13,19). The van der Waals surface area contributed by atoms with Crippen molar-refractivity contribution in [2.24, 2.45) is 5.84 Å². The Kier molecular flexibility index (Phi) is 4.83. The lowest BCUT2D eigenvalue weighted by atomic mass is 9.91. The van der Waals surface area contributed by atoms with Crippen molar-refractivity contribution in [2.45, 2.75) is 31.8 Å². The van der Waals surface area contributed by atoms with Gasteiger partial charge >= 0.3 is 0 Å². The summed E-state index contributed by atoms with van der Waals surface area (Å²) in [6.07, 6.45) is 5.22. The lowest BCUT2D eigenvalue weighted by molar-refractivity contribution is 0.0948. The van der Waals surface area contributed by atoms with Gasteiger partial charge in [0.25, 0.3) is 5.91 Å². The van der Waals surface area contributed by atoms with E-state index in [4.69, 9.17) is 10.9 Å². The molecule has 1 aromatic rings. The molecule has 2 rings (SSSR count). The van der Waals surface area contributed by atoms with Crippen LogP contribution in [-0.4, -0.2) is 56.6 Å². The van der Waals surface area contributed by atoms with Crippen molar-refractivity contribution in [2.75, 3.05) is 19.7 Å². The van der Waals surface area contributed by atoms with Gasteiger partial charge in [-0.1, -0.05) is 11.6 Å². The molecule has 0 radical (unpaired) electrons. The highest BCUT2D eigenvalue weighted by molar-refractivity contribution is 5.91. The molecule has 0 unspecified atom stereocenters. The van der Waals surface area contributed by atoms with Crippen molar-refractivity contribution < 1.29 is 9.90 Å². The van der Waals surface area contributed by atoms with Crippen molar-refractivity contribution in [3.05, 3.63) is 11.9 Å². The molecule has 0 aromatic carbocycles. The highest BCUT2D eigenvalue weighted by atomic mass is 16.3. The molecule has 8 heteroatoms. The SMILES string of the molecule is NNC(=O)c1cn(CCN(CCO)C2CCC2)nn1. The van der Waals surface area contributed by atoms with E-state index in [1.54, 1.807) is 10.9 Å². The maximum absolute atomic E-state index is 11.2. The molecule has 0 spiro atoms. The summed E-state index contributed by atoms with van der Waals surface area (Å²) in [6, 6.07) is 0.572. The first kappa shape index (κ1) is 13.9. The number of hydrogen-bond acceptors (Lipinski definition) is 6. The molecule has 1 fully saturated rings. The lowest BCUT2D eigenvalue weighted by Crippen LogP contribution is -2.43. The van der Waals surface area contributed by atoms with Crippen LogP contribution in [0.1, 0.15) is 29.8 Å². The molecule has 1 saturated carbocycles. The average Bonchev–Trinajstić information content (AvgIpc) is 2.82. The Balaban J connectivity index is 1.85. The lowest BCUT2D eigenvalue weighted by Gasteiger charge is -2.37. The Hall–Kier alpha value is -1.51. The van der Waals surface area contributed by atoms with Crippen LogP contribution in [0.25, 0.3) is 0 Å². The van der Waals surface area contributed by atoms with Gasteiger partial charge in [-0.05, 0) is 12.8 Å². The number of carbonyl (C=O) groups is 1. The normalized spacial score (nSPS) is 15.5. The van der Waals surface area contributed by atoms with Gasteiger partial charge in [-0.25, -0.2) is 5.84 Å². The van der Waals surface area contributed by atoms with Crippen LogP contribution in [-0.2, 0) is 6.54 Å². The first-order chi connectivity index (χ1) is 9.24. The van der Waals surface area contributed by atoms with Gasteiger partial charge < -0.3 is 5.11 Å². The minimum Gasteiger partial charge on any atom is -0.395 e. The second-order valence-electron chi connectivity index (χ2n) is 4.68. The number of carbonyl (C=O) groups excluding carboxylic acids is 1. The second kappa shape index (κ2) is 6.60. The molecule has 1 aliphatic carbocycles. The van der Waals surface area contributed by atoms with Gasteiger partial charge in [0.2, 0.25) is 0 Å². The summed E-state index contributed by atoms with van der Waals surface area (Å²) < 4.78 is 1.62. The van der Waals surface area contributed by atoms with E-state index in [1.165, 1.54) is 19.3 Å². The summed E-state index contributed by atoms with van der Waals surface area (Å²) in [7, 11) is 0. The van der Waals surface area contributed by atoms with Gasteiger partial charge in [0.1, 0.15) is 0 Å². The number of amides is 1. The summed E-state index contributed by atoms with van der Waals surface area (Å²) in [5, 5.41) is 16.7. The fraction of sp³-hybridized carbons (Fsp3) is 0.727. The number of nitrogens with two attached hydrogens (primary N) is 1. The maximum Gasteiger partial charge on any atom is 0.287 e. The van der Waals surface area contributed by atoms with Crippen LogP contribution in [0.15, 0.2) is 6.20 Å². The Morgan fingerprint density at radius 2 is 2.37 bits per heavy atom. The van der Waals surface area contributed by atoms with E-state index in [9.17, 15) is 4.79 Å². The average molecular weight is 268 g/mol. The summed E-state index contributed by atoms with van der Waals surface area (Å²) in [4.78, 5) is 13.5. The minimum absolute atomic E-state index is 0.161. The first-order valence-electron chi connectivity index (χ1n) is 6.50. The number of nitrogen functional groups attached to an aromatic ring is 1. The fourth-order valence-corrected chi connectivity index (χ4v) is 2.17. The van der Waals surface area contributed by atoms with Crippen LogP contribution < -0.4 is 11.3 Å². The van der Waals surface area contributed by atoms with Crippen molar-refractivity contribution in [3.8, 4) is 0 Å². The molecule has 0 aliphatic heterocycles. The van der Waals surface area contributed by atoms with Crippen LogP contribution in [0.5, 0.6) is 0 Å². The molecule has 1 aromatic heterocycles. The molecule has 0 saturated heterocycles. The molecule has 1 amide bonds. The Morgan fingerprint density at radius 3 is 2.95 bits per heavy atom. The molecule has 0 atom stereocenters. The molecule has 8 nitrogen and oxygen atoms in total. The number of hydrazine groups is 1. The number of aliphatic hydroxyl groups is 1. The highest BCUT2D eigenvalue weighted by Crippen LogP contribution is 2.24. The number of hydrogen-bond donors (Lipinski definition) is 3. The largest absolute Gasteiger partial charge is 0.395 e. The maximum atomic E-state index is 11.2. The quantitative estimate of drug-likeness (QED) is 0.323. The molecular weight excluding hydrogens is 248 g/mol. The van der Waals surface area contributed by atoms with Crippen molar-refractivity contribution >= 4 is 5.91 Å². The Bertz CT molecular complexity index is 417. The number of rotatable bonds is 7. The van der Waals surface area contributed by atoms with E-state index in [-0.39, 0.29) is 12.3 Å². The van der Waals surface area contributed by atoms with Crippen LogP contribution in [0.3, 0.4) is 0 Å². The fourth-order valence-electron chi connectivity index (χ4n) is 2.17. The number of aliphatic hydroxyl groups excluding tert-OH is 1. The third kappa shape index (κ3) is 3.49. The van der Waals surface area contributed by atoms with E-state index in [0.717, 1.165) is 6.54 Å². The number of nitrogens with zero attached hydrogens (tertiary/aromatic N) is 4. The molecule has 1 aliphatic rings. The van der Waals surface area contributed by atoms with Crippen LogP contribution in [0.4, 0.5) is 0 Å². The zero-order valence-electron chi connectivity index (χ0n) is 10.8. The smallest absolute Gasteiger partial charge is 0.287 e. The molecule has 4 N–H and O–H groups in total. The Labute approximate surface area is 111 Å². The van der Waals surface area contributed by atoms with Crippen molar-refractivity contribution in [1.29, 1.82) is 0 Å². The van der Waals surface area contributed by atoms with Crippen LogP contribution in [0.2, 0.25) is 0 Å². The van der Waals surface area contributed by atoms with Crippen molar-refractivity contribution in [1.82, 2.24) is 25.3 Å². The van der Waals surface area contributed by atoms with E-state index >= 15 is 0 Å². The van der Waals surface area contributed by atoms with E-state index in [0.29, 0.717) is 19.1 Å². The molecule has 0 bridgehead atoms. The monoisotopic (exact) mass is 268 g/mol. The molecule has 1 heterocycles. The van der Waals surface area contributed by atoms with Gasteiger partial charge in [-0.15, -0.1) is 5.10 Å². The van der Waals surface area contributed by atoms with Gasteiger partial charge in [0, 0.05) is 19.1 Å². The first-order valence-corrected chi connectivity index (χ1v) is 6.50. The van der Waals surface area contributed by atoms with Crippen LogP contribution in [0, 0.1) is 0 Å². The van der Waals surface area contributed by atoms with Crippen molar-refractivity contribution in [3.63, 3.8) is 0 Å². The topological polar surface area (TPSA) is 109 Å². The zero-order valence-corrected chi connectivity index (χ0v) is 10.8. The summed E-state index contributed by atoms with van der Waals surface area (Å²) >= 11 is 0. The highest BCUT2D eigenvalue weighted by Gasteiger charge is 2.24. The summed E-state index contributed by atoms with van der Waals surface area (Å²) in [5.41, 5.74) is 2.23. The van der Waals surface area contributed by atoms with E-state index in [2.05, 4.69) is 15.2 Å². The predicted molar refractivity (Wildman–Crippen MR) is 68.0 cm³/mol. The third-order valence-electron chi connectivity index (χ3n) is 3.50. The van der Waals surface area contributed by atoms with Gasteiger partial charge in [0.05, 0.1) is 19.3 Å². The number of aromatic nitrogens is 3. The second-order valence-corrected chi connectivity index (χ2v) is 4.68. The summed E-state index contributed by atoms with van der Waals surface area (Å²) in [6.45, 7) is 2.27. The Morgan fingerprint density at radius 1 is 1.58 bits per heavy atom. The minimum atomic E-state index is -0.447. The van der Waals surface area contributed by atoms with Gasteiger partial charge in [0.15, 0.2) is 5.69 Å². The third-order valence-corrected chi connectivity index (χ3v) is 3.50. The molecular formula is C11H20N6O2. The molecule has 19 heavy (non-hydrogen) atoms. The zero-order chi connectivity index (χ0) is 13.7. The van der Waals surface area contributed by atoms with Crippen LogP contribution >= 0.6 is 0 Å². The van der Waals surface area contributed by atoms with Gasteiger partial charge in [-0.2, -0.15) is 0 Å². The van der Waals surface area contributed by atoms with E-state index in [1.807, 2.05) is 5.43 Å². The number of nitrogens with one attached hydrogen (secondary N) is 1. The van der Waals surface area contributed by atoms with Gasteiger partial charge in [-0.3, -0.25) is 19.8 Å². The predicted octanol–water partition coefficient (Wildman–Crippen LogP) is -1.27.